The molecule has 0 spiro atoms. The van der Waals surface area contributed by atoms with Crippen molar-refractivity contribution in [3.8, 4) is 0 Å². The fraction of sp³-hybridized carbons (Fsp3) is 0.350. The summed E-state index contributed by atoms with van der Waals surface area (Å²) >= 11 is 9.02. The third-order valence-electron chi connectivity index (χ3n) is 4.73. The molecule has 0 unspecified atom stereocenters. The van der Waals surface area contributed by atoms with Crippen LogP contribution in [0.25, 0.3) is 0 Å². The van der Waals surface area contributed by atoms with Gasteiger partial charge in [-0.25, -0.2) is 0 Å². The fourth-order valence-corrected chi connectivity index (χ4v) is 3.65. The number of hydrogen-bond acceptors (Lipinski definition) is 3. The van der Waals surface area contributed by atoms with E-state index in [1.54, 1.807) is 0 Å². The number of nitrogens with zero attached hydrogens (tertiary/aromatic N) is 4. The second kappa shape index (κ2) is 8.87. The Hall–Kier alpha value is -2.19. The first-order valence-corrected chi connectivity index (χ1v) is 10.4. The Bertz CT molecular complexity index is 991. The van der Waals surface area contributed by atoms with Crippen LogP contribution in [-0.4, -0.2) is 24.7 Å². The lowest BCUT2D eigenvalue weighted by Gasteiger charge is -2.11. The van der Waals surface area contributed by atoms with Crippen LogP contribution in [0.15, 0.2) is 34.9 Å². The number of rotatable bonds is 6. The lowest BCUT2D eigenvalue weighted by molar-refractivity contribution is 0.643. The van der Waals surface area contributed by atoms with Gasteiger partial charge >= 0.3 is 0 Å². The van der Waals surface area contributed by atoms with E-state index in [0.717, 1.165) is 40.3 Å². The van der Waals surface area contributed by atoms with Crippen LogP contribution in [0.5, 0.6) is 0 Å². The Morgan fingerprint density at radius 1 is 1.18 bits per heavy atom. The molecule has 0 amide bonds. The number of thiocarbonyl (C=S) groups is 1. The fourth-order valence-electron chi connectivity index (χ4n) is 3.02. The van der Waals surface area contributed by atoms with Gasteiger partial charge in [0.25, 0.3) is 0 Å². The molecule has 0 aliphatic heterocycles. The molecule has 0 radical (unpaired) electrons. The van der Waals surface area contributed by atoms with Crippen LogP contribution in [-0.2, 0) is 19.6 Å². The zero-order valence-electron chi connectivity index (χ0n) is 16.6. The number of anilines is 1. The van der Waals surface area contributed by atoms with Crippen LogP contribution in [0.4, 0.5) is 5.69 Å². The predicted octanol–water partition coefficient (Wildman–Crippen LogP) is 4.32. The van der Waals surface area contributed by atoms with Crippen LogP contribution in [0.1, 0.15) is 35.1 Å². The molecule has 0 saturated heterocycles. The largest absolute Gasteiger partial charge is 0.357 e. The van der Waals surface area contributed by atoms with Gasteiger partial charge in [0, 0.05) is 12.7 Å². The van der Waals surface area contributed by atoms with Crippen LogP contribution in [0.2, 0.25) is 0 Å². The van der Waals surface area contributed by atoms with Crippen LogP contribution in [0.3, 0.4) is 0 Å². The first-order chi connectivity index (χ1) is 13.4. The maximum absolute atomic E-state index is 5.48. The lowest BCUT2D eigenvalue weighted by atomic mass is 10.1. The third kappa shape index (κ3) is 4.62. The number of nitrogens with one attached hydrogen (secondary N) is 2. The molecule has 1 aromatic carbocycles. The maximum Gasteiger partial charge on any atom is 0.171 e. The molecular weight excluding hydrogens is 436 g/mol. The standard InChI is InChI=1S/C20H25BrN6S/c1-5-26-12-17(21)18(25-26)10-22-20(28)23-19-14(3)24-27(15(19)4)11-16-9-7-6-8-13(16)2/h6-9,12H,5,10-11H2,1-4H3,(H2,22,23,28). The molecule has 3 rings (SSSR count). The average Bonchev–Trinajstić information content (AvgIpc) is 3.16. The molecular formula is C20H25BrN6S. The molecule has 0 aliphatic rings. The van der Waals surface area contributed by atoms with E-state index in [-0.39, 0.29) is 0 Å². The van der Waals surface area contributed by atoms with E-state index in [1.165, 1.54) is 11.1 Å². The van der Waals surface area contributed by atoms with Crippen molar-refractivity contribution in [2.24, 2.45) is 0 Å². The van der Waals surface area contributed by atoms with Gasteiger partial charge in [0.15, 0.2) is 5.11 Å². The molecule has 148 valence electrons. The van der Waals surface area contributed by atoms with Gasteiger partial charge in [0.1, 0.15) is 0 Å². The smallest absolute Gasteiger partial charge is 0.171 e. The van der Waals surface area contributed by atoms with Gasteiger partial charge in [0.05, 0.1) is 40.3 Å². The molecule has 2 heterocycles. The van der Waals surface area contributed by atoms with Gasteiger partial charge in [0.2, 0.25) is 0 Å². The summed E-state index contributed by atoms with van der Waals surface area (Å²) in [5.41, 5.74) is 6.38. The first kappa shape index (κ1) is 20.5. The number of aromatic nitrogens is 4. The van der Waals surface area contributed by atoms with Crippen LogP contribution in [0, 0.1) is 20.8 Å². The van der Waals surface area contributed by atoms with Gasteiger partial charge in [-0.05, 0) is 67.0 Å². The third-order valence-corrected chi connectivity index (χ3v) is 5.64. The first-order valence-electron chi connectivity index (χ1n) is 9.24. The molecule has 3 aromatic rings. The summed E-state index contributed by atoms with van der Waals surface area (Å²) in [6, 6.07) is 8.37. The molecule has 0 aliphatic carbocycles. The highest BCUT2D eigenvalue weighted by Gasteiger charge is 2.14. The van der Waals surface area contributed by atoms with E-state index in [1.807, 2.05) is 22.5 Å². The lowest BCUT2D eigenvalue weighted by Crippen LogP contribution is -2.28. The topological polar surface area (TPSA) is 59.7 Å². The van der Waals surface area contributed by atoms with E-state index in [0.29, 0.717) is 11.7 Å². The van der Waals surface area contributed by atoms with E-state index in [9.17, 15) is 0 Å². The summed E-state index contributed by atoms with van der Waals surface area (Å²) in [6.45, 7) is 10.4. The predicted molar refractivity (Wildman–Crippen MR) is 121 cm³/mol. The summed E-state index contributed by atoms with van der Waals surface area (Å²) in [5, 5.41) is 16.3. The summed E-state index contributed by atoms with van der Waals surface area (Å²) in [5.74, 6) is 0. The molecule has 0 atom stereocenters. The van der Waals surface area contributed by atoms with Gasteiger partial charge in [-0.2, -0.15) is 10.2 Å². The van der Waals surface area contributed by atoms with Gasteiger partial charge in [-0.15, -0.1) is 0 Å². The Balaban J connectivity index is 1.67. The summed E-state index contributed by atoms with van der Waals surface area (Å²) in [4.78, 5) is 0. The molecule has 6 nitrogen and oxygen atoms in total. The summed E-state index contributed by atoms with van der Waals surface area (Å²) in [6.07, 6.45) is 1.97. The van der Waals surface area contributed by atoms with Crippen molar-refractivity contribution in [1.82, 2.24) is 24.9 Å². The Morgan fingerprint density at radius 3 is 2.61 bits per heavy atom. The quantitative estimate of drug-likeness (QED) is 0.536. The van der Waals surface area contributed by atoms with E-state index in [4.69, 9.17) is 17.3 Å². The highest BCUT2D eigenvalue weighted by molar-refractivity contribution is 9.10. The number of halogens is 1. The second-order valence-electron chi connectivity index (χ2n) is 6.72. The van der Waals surface area contributed by atoms with Crippen LogP contribution < -0.4 is 10.6 Å². The summed E-state index contributed by atoms with van der Waals surface area (Å²) < 4.78 is 4.88. The molecule has 8 heteroatoms. The SMILES string of the molecule is CCn1cc(Br)c(CNC(=S)Nc2c(C)nn(Cc3ccccc3C)c2C)n1. The van der Waals surface area contributed by atoms with Gasteiger partial charge in [-0.3, -0.25) is 9.36 Å². The van der Waals surface area contributed by atoms with Crippen molar-refractivity contribution < 1.29 is 0 Å². The van der Waals surface area contributed by atoms with Crippen molar-refractivity contribution >= 4 is 38.9 Å². The normalized spacial score (nSPS) is 10.9. The van der Waals surface area contributed by atoms with E-state index in [2.05, 4.69) is 76.7 Å². The molecule has 0 fully saturated rings. The van der Waals surface area contributed by atoms with Crippen molar-refractivity contribution in [2.45, 2.75) is 47.3 Å². The minimum Gasteiger partial charge on any atom is -0.357 e. The minimum atomic E-state index is 0.550. The highest BCUT2D eigenvalue weighted by atomic mass is 79.9. The molecule has 0 bridgehead atoms. The second-order valence-corrected chi connectivity index (χ2v) is 7.98. The monoisotopic (exact) mass is 460 g/mol. The minimum absolute atomic E-state index is 0.550. The van der Waals surface area contributed by atoms with E-state index < -0.39 is 0 Å². The average molecular weight is 461 g/mol. The Kier molecular flexibility index (Phi) is 6.51. The van der Waals surface area contributed by atoms with Crippen LogP contribution >= 0.6 is 28.1 Å². The van der Waals surface area contributed by atoms with Gasteiger partial charge < -0.3 is 10.6 Å². The Labute approximate surface area is 179 Å². The summed E-state index contributed by atoms with van der Waals surface area (Å²) in [7, 11) is 0. The van der Waals surface area contributed by atoms with Gasteiger partial charge in [-0.1, -0.05) is 24.3 Å². The van der Waals surface area contributed by atoms with Crippen molar-refractivity contribution in [1.29, 1.82) is 0 Å². The zero-order chi connectivity index (χ0) is 20.3. The van der Waals surface area contributed by atoms with Crippen molar-refractivity contribution in [3.63, 3.8) is 0 Å². The van der Waals surface area contributed by atoms with Crippen molar-refractivity contribution in [2.75, 3.05) is 5.32 Å². The van der Waals surface area contributed by atoms with E-state index >= 15 is 0 Å². The molecule has 0 saturated carbocycles. The zero-order valence-corrected chi connectivity index (χ0v) is 19.0. The Morgan fingerprint density at radius 2 is 1.93 bits per heavy atom. The number of aryl methyl sites for hydroxylation is 3. The molecule has 2 aromatic heterocycles. The number of hydrogen-bond donors (Lipinski definition) is 2. The molecule has 28 heavy (non-hydrogen) atoms. The maximum atomic E-state index is 5.48. The highest BCUT2D eigenvalue weighted by Crippen LogP contribution is 2.21. The molecule has 2 N–H and O–H groups in total. The number of benzene rings is 1. The van der Waals surface area contributed by atoms with Crippen molar-refractivity contribution in [3.05, 3.63) is 63.1 Å².